The van der Waals surface area contributed by atoms with Crippen LogP contribution in [0.3, 0.4) is 0 Å². The summed E-state index contributed by atoms with van der Waals surface area (Å²) in [5.74, 6) is -0.728. The predicted molar refractivity (Wildman–Crippen MR) is 140 cm³/mol. The second kappa shape index (κ2) is 9.55. The number of pyridine rings is 1. The molecular weight excluding hydrogens is 446 g/mol. The van der Waals surface area contributed by atoms with Gasteiger partial charge in [0.25, 0.3) is 5.91 Å². The molecule has 2 aliphatic rings. The number of amidine groups is 1. The van der Waals surface area contributed by atoms with Crippen molar-refractivity contribution in [3.63, 3.8) is 0 Å². The summed E-state index contributed by atoms with van der Waals surface area (Å²) in [6, 6.07) is 5.56. The first-order chi connectivity index (χ1) is 15.7. The maximum Gasteiger partial charge on any atom is 0.291 e. The molecule has 0 unspecified atom stereocenters. The van der Waals surface area contributed by atoms with Gasteiger partial charge in [0.1, 0.15) is 6.07 Å². The average Bonchev–Trinajstić information content (AvgIpc) is 2.71. The van der Waals surface area contributed by atoms with Crippen molar-refractivity contribution in [2.45, 2.75) is 90.8 Å². The minimum Gasteiger partial charge on any atom is -0.379 e. The SMILES string of the molecule is CC1(C)CC=C(c2nc(C3CC(C)(C)OC(C)(C)C3)ccc2NC(=O)C(N)=NC(=S)C#N)CC1. The van der Waals surface area contributed by atoms with E-state index in [0.29, 0.717) is 5.69 Å². The maximum atomic E-state index is 12.7. The van der Waals surface area contributed by atoms with E-state index >= 15 is 0 Å². The highest BCUT2D eigenvalue weighted by atomic mass is 32.1. The molecule has 34 heavy (non-hydrogen) atoms. The van der Waals surface area contributed by atoms with E-state index in [1.807, 2.05) is 12.1 Å². The molecule has 0 aromatic carbocycles. The molecule has 3 N–H and O–H groups in total. The third kappa shape index (κ3) is 6.49. The number of nitrogens with two attached hydrogens (primary N) is 1. The largest absolute Gasteiger partial charge is 0.379 e. The normalized spacial score (nSPS) is 21.8. The van der Waals surface area contributed by atoms with Crippen LogP contribution in [0.1, 0.15) is 91.0 Å². The van der Waals surface area contributed by atoms with Gasteiger partial charge in [0.2, 0.25) is 4.99 Å². The molecule has 1 aromatic rings. The van der Waals surface area contributed by atoms with Gasteiger partial charge in [-0.1, -0.05) is 19.9 Å². The number of aliphatic imine (C=N–C) groups is 1. The molecule has 1 fully saturated rings. The Morgan fingerprint density at radius 2 is 1.88 bits per heavy atom. The summed E-state index contributed by atoms with van der Waals surface area (Å²) in [6.45, 7) is 13.0. The van der Waals surface area contributed by atoms with E-state index in [2.05, 4.69) is 57.9 Å². The minimum atomic E-state index is -0.613. The Kier molecular flexibility index (Phi) is 7.30. The first-order valence-electron chi connectivity index (χ1n) is 11.7. The lowest BCUT2D eigenvalue weighted by Gasteiger charge is -2.45. The predicted octanol–water partition coefficient (Wildman–Crippen LogP) is 5.27. The molecule has 1 aliphatic heterocycles. The fraction of sp³-hybridized carbons (Fsp3) is 0.577. The van der Waals surface area contributed by atoms with E-state index in [4.69, 9.17) is 32.9 Å². The van der Waals surface area contributed by atoms with Gasteiger partial charge in [-0.15, -0.1) is 0 Å². The van der Waals surface area contributed by atoms with Crippen LogP contribution in [-0.4, -0.2) is 32.9 Å². The Morgan fingerprint density at radius 1 is 1.24 bits per heavy atom. The number of amides is 1. The van der Waals surface area contributed by atoms with Crippen LogP contribution in [0.4, 0.5) is 5.69 Å². The van der Waals surface area contributed by atoms with E-state index in [0.717, 1.165) is 49.1 Å². The molecule has 2 heterocycles. The second-order valence-corrected chi connectivity index (χ2v) is 11.7. The van der Waals surface area contributed by atoms with E-state index in [1.54, 1.807) is 6.07 Å². The minimum absolute atomic E-state index is 0.238. The molecule has 0 atom stereocenters. The van der Waals surface area contributed by atoms with Gasteiger partial charge in [-0.25, -0.2) is 4.99 Å². The number of thiocarbonyl (C=S) groups is 1. The monoisotopic (exact) mass is 481 g/mol. The quantitative estimate of drug-likeness (QED) is 0.345. The fourth-order valence-electron chi connectivity index (χ4n) is 5.01. The molecular formula is C26H35N5O2S. The molecule has 0 bridgehead atoms. The number of carbonyl (C=O) groups excluding carboxylic acids is 1. The fourth-order valence-corrected chi connectivity index (χ4v) is 5.11. The summed E-state index contributed by atoms with van der Waals surface area (Å²) in [4.78, 5) is 21.1. The zero-order valence-electron chi connectivity index (χ0n) is 21.0. The van der Waals surface area contributed by atoms with Crippen LogP contribution in [0.15, 0.2) is 23.2 Å². The van der Waals surface area contributed by atoms with Crippen molar-refractivity contribution in [1.29, 1.82) is 5.26 Å². The number of rotatable bonds is 3. The number of nitrogens with zero attached hydrogens (tertiary/aromatic N) is 3. The molecule has 8 heteroatoms. The highest BCUT2D eigenvalue weighted by Crippen LogP contribution is 2.44. The topological polar surface area (TPSA) is 113 Å². The van der Waals surface area contributed by atoms with Crippen LogP contribution in [0.25, 0.3) is 5.57 Å². The van der Waals surface area contributed by atoms with Crippen molar-refractivity contribution in [1.82, 2.24) is 4.98 Å². The zero-order valence-corrected chi connectivity index (χ0v) is 21.8. The van der Waals surface area contributed by atoms with E-state index in [-0.39, 0.29) is 33.4 Å². The van der Waals surface area contributed by atoms with Crippen molar-refractivity contribution in [3.05, 3.63) is 29.6 Å². The number of hydrogen-bond acceptors (Lipinski definition) is 5. The smallest absolute Gasteiger partial charge is 0.291 e. The summed E-state index contributed by atoms with van der Waals surface area (Å²) >= 11 is 4.75. The Balaban J connectivity index is 1.99. The molecule has 1 saturated heterocycles. The van der Waals surface area contributed by atoms with E-state index in [1.165, 1.54) is 0 Å². The van der Waals surface area contributed by atoms with Crippen molar-refractivity contribution < 1.29 is 9.53 Å². The van der Waals surface area contributed by atoms with Gasteiger partial charge in [-0.2, -0.15) is 5.26 Å². The van der Waals surface area contributed by atoms with Gasteiger partial charge in [0.15, 0.2) is 5.84 Å². The van der Waals surface area contributed by atoms with Crippen LogP contribution in [0, 0.1) is 16.7 Å². The van der Waals surface area contributed by atoms with Crippen molar-refractivity contribution in [2.24, 2.45) is 16.1 Å². The lowest BCUT2D eigenvalue weighted by atomic mass is 9.77. The number of ether oxygens (including phenoxy) is 1. The standard InChI is InChI=1S/C26H35N5O2S/c1-24(2)11-9-16(10-12-24)21-19(30-23(32)22(28)31-20(34)15-27)8-7-18(29-21)17-13-25(3,4)33-26(5,6)14-17/h7-9,17H,10-14H2,1-6H3,(H,30,32)(H2,28,31,34). The van der Waals surface area contributed by atoms with Gasteiger partial charge in [-0.05, 0) is 95.1 Å². The summed E-state index contributed by atoms with van der Waals surface area (Å²) in [5.41, 5.74) is 8.95. The third-order valence-corrected chi connectivity index (χ3v) is 6.62. The van der Waals surface area contributed by atoms with Crippen molar-refractivity contribution in [2.75, 3.05) is 5.32 Å². The van der Waals surface area contributed by atoms with Gasteiger partial charge in [0, 0.05) is 11.6 Å². The first kappa shape index (κ1) is 26.0. The highest BCUT2D eigenvalue weighted by Gasteiger charge is 2.40. The van der Waals surface area contributed by atoms with E-state index in [9.17, 15) is 4.79 Å². The molecule has 3 rings (SSSR count). The third-order valence-electron chi connectivity index (χ3n) is 6.44. The Labute approximate surface area is 207 Å². The van der Waals surface area contributed by atoms with Gasteiger partial charge < -0.3 is 15.8 Å². The molecule has 0 radical (unpaired) electrons. The average molecular weight is 482 g/mol. The van der Waals surface area contributed by atoms with Crippen molar-refractivity contribution >= 4 is 40.2 Å². The lowest BCUT2D eigenvalue weighted by Crippen LogP contribution is -2.44. The summed E-state index contributed by atoms with van der Waals surface area (Å²) in [5, 5.41) is 11.7. The number of carbonyl (C=O) groups is 1. The first-order valence-corrected chi connectivity index (χ1v) is 12.1. The number of allylic oxidation sites excluding steroid dienone is 2. The molecule has 0 spiro atoms. The van der Waals surface area contributed by atoms with Gasteiger partial charge >= 0.3 is 0 Å². The van der Waals surface area contributed by atoms with Crippen molar-refractivity contribution in [3.8, 4) is 6.07 Å². The molecule has 7 nitrogen and oxygen atoms in total. The Bertz CT molecular complexity index is 1080. The Morgan fingerprint density at radius 3 is 2.44 bits per heavy atom. The molecule has 182 valence electrons. The van der Waals surface area contributed by atoms with Crippen LogP contribution in [0.5, 0.6) is 0 Å². The second-order valence-electron chi connectivity index (χ2n) is 11.3. The van der Waals surface area contributed by atoms with Gasteiger partial charge in [-0.3, -0.25) is 9.78 Å². The van der Waals surface area contributed by atoms with Crippen LogP contribution >= 0.6 is 12.2 Å². The molecule has 1 aliphatic carbocycles. The lowest BCUT2D eigenvalue weighted by molar-refractivity contribution is -0.162. The van der Waals surface area contributed by atoms with Crippen LogP contribution in [0.2, 0.25) is 0 Å². The highest BCUT2D eigenvalue weighted by molar-refractivity contribution is 7.80. The van der Waals surface area contributed by atoms with Crippen LogP contribution in [-0.2, 0) is 9.53 Å². The maximum absolute atomic E-state index is 12.7. The summed E-state index contributed by atoms with van der Waals surface area (Å²) in [7, 11) is 0. The van der Waals surface area contributed by atoms with E-state index < -0.39 is 5.91 Å². The number of anilines is 1. The number of nitriles is 1. The molecule has 1 amide bonds. The number of hydrogen-bond donors (Lipinski definition) is 2. The summed E-state index contributed by atoms with van der Waals surface area (Å²) in [6.07, 6.45) is 6.82. The number of nitrogens with one attached hydrogen (secondary N) is 1. The zero-order chi connectivity index (χ0) is 25.3. The molecule has 1 aromatic heterocycles. The van der Waals surface area contributed by atoms with Crippen LogP contribution < -0.4 is 11.1 Å². The Hall–Kier alpha value is -2.63. The van der Waals surface area contributed by atoms with Gasteiger partial charge in [0.05, 0.1) is 22.6 Å². The number of aromatic nitrogens is 1. The molecule has 0 saturated carbocycles. The summed E-state index contributed by atoms with van der Waals surface area (Å²) < 4.78 is 6.27.